The van der Waals surface area contributed by atoms with Crippen molar-refractivity contribution in [2.75, 3.05) is 0 Å². The molecule has 92 valence electrons. The molecule has 0 aromatic heterocycles. The Kier molecular flexibility index (Phi) is 2.30. The molecule has 3 heterocycles. The third-order valence-electron chi connectivity index (χ3n) is 3.16. The lowest BCUT2D eigenvalue weighted by atomic mass is 10.00. The van der Waals surface area contributed by atoms with Crippen LogP contribution in [0.25, 0.3) is 0 Å². The highest BCUT2D eigenvalue weighted by molar-refractivity contribution is 4.99. The second-order valence-electron chi connectivity index (χ2n) is 4.93. The molecule has 0 radical (unpaired) electrons. The fourth-order valence-corrected chi connectivity index (χ4v) is 2.55. The average Bonchev–Trinajstić information content (AvgIpc) is 2.59. The summed E-state index contributed by atoms with van der Waals surface area (Å²) < 4.78 is 22.1. The SMILES string of the molecule is CC1(C)O[C@@H]2OC3[C@@H](OC(O)C[C@@H]3O)[C@@H]2O1. The smallest absolute Gasteiger partial charge is 0.190 e. The summed E-state index contributed by atoms with van der Waals surface area (Å²) >= 11 is 0. The van der Waals surface area contributed by atoms with Gasteiger partial charge in [0, 0.05) is 6.42 Å². The molecule has 0 aliphatic carbocycles. The van der Waals surface area contributed by atoms with Gasteiger partial charge in [-0.15, -0.1) is 0 Å². The van der Waals surface area contributed by atoms with Crippen molar-refractivity contribution in [1.29, 1.82) is 0 Å². The van der Waals surface area contributed by atoms with Crippen molar-refractivity contribution >= 4 is 0 Å². The molecule has 0 spiro atoms. The molecule has 16 heavy (non-hydrogen) atoms. The van der Waals surface area contributed by atoms with Crippen LogP contribution in [-0.4, -0.2) is 53.0 Å². The summed E-state index contributed by atoms with van der Waals surface area (Å²) in [6.07, 6.45) is -3.40. The summed E-state index contributed by atoms with van der Waals surface area (Å²) in [6, 6.07) is 0. The van der Waals surface area contributed by atoms with Crippen molar-refractivity contribution in [3.8, 4) is 0 Å². The quantitative estimate of drug-likeness (QED) is 0.577. The number of hydrogen-bond acceptors (Lipinski definition) is 6. The first-order valence-electron chi connectivity index (χ1n) is 5.49. The molecule has 6 atom stereocenters. The van der Waals surface area contributed by atoms with E-state index in [9.17, 15) is 10.2 Å². The van der Waals surface area contributed by atoms with Gasteiger partial charge >= 0.3 is 0 Å². The first-order chi connectivity index (χ1) is 7.46. The Hall–Kier alpha value is -0.240. The van der Waals surface area contributed by atoms with Crippen LogP contribution >= 0.6 is 0 Å². The zero-order chi connectivity index (χ0) is 11.5. The lowest BCUT2D eigenvalue weighted by Gasteiger charge is -2.35. The second kappa shape index (κ2) is 3.38. The van der Waals surface area contributed by atoms with Gasteiger partial charge in [-0.2, -0.15) is 0 Å². The highest BCUT2D eigenvalue weighted by Gasteiger charge is 2.59. The molecule has 2 unspecified atom stereocenters. The number of aliphatic hydroxyl groups excluding tert-OH is 2. The van der Waals surface area contributed by atoms with Crippen molar-refractivity contribution in [3.63, 3.8) is 0 Å². The number of rotatable bonds is 0. The predicted octanol–water partition coefficient (Wildman–Crippen LogP) is -0.669. The summed E-state index contributed by atoms with van der Waals surface area (Å²) in [5.41, 5.74) is 0. The molecule has 3 aliphatic rings. The van der Waals surface area contributed by atoms with Crippen LogP contribution in [0.3, 0.4) is 0 Å². The summed E-state index contributed by atoms with van der Waals surface area (Å²) in [5, 5.41) is 19.2. The number of ether oxygens (including phenoxy) is 4. The highest BCUT2D eigenvalue weighted by Crippen LogP contribution is 2.42. The maximum atomic E-state index is 9.76. The molecule has 6 heteroatoms. The molecule has 3 saturated heterocycles. The van der Waals surface area contributed by atoms with Crippen LogP contribution in [0.1, 0.15) is 20.3 Å². The largest absolute Gasteiger partial charge is 0.390 e. The Morgan fingerprint density at radius 1 is 1.00 bits per heavy atom. The predicted molar refractivity (Wildman–Crippen MR) is 50.2 cm³/mol. The Balaban J connectivity index is 1.80. The van der Waals surface area contributed by atoms with Crippen LogP contribution in [-0.2, 0) is 18.9 Å². The zero-order valence-electron chi connectivity index (χ0n) is 9.20. The van der Waals surface area contributed by atoms with E-state index in [1.54, 1.807) is 13.8 Å². The van der Waals surface area contributed by atoms with Crippen LogP contribution in [0, 0.1) is 0 Å². The number of fused-ring (bicyclic) bond motifs is 3. The molecule has 3 fully saturated rings. The molecule has 0 bridgehead atoms. The topological polar surface area (TPSA) is 77.4 Å². The van der Waals surface area contributed by atoms with Gasteiger partial charge in [0.15, 0.2) is 18.4 Å². The van der Waals surface area contributed by atoms with Gasteiger partial charge in [-0.3, -0.25) is 0 Å². The Morgan fingerprint density at radius 2 is 1.75 bits per heavy atom. The summed E-state index contributed by atoms with van der Waals surface area (Å²) in [4.78, 5) is 0. The fraction of sp³-hybridized carbons (Fsp3) is 1.00. The van der Waals surface area contributed by atoms with Crippen LogP contribution < -0.4 is 0 Å². The second-order valence-corrected chi connectivity index (χ2v) is 4.93. The molecular weight excluding hydrogens is 216 g/mol. The molecule has 0 aromatic carbocycles. The monoisotopic (exact) mass is 232 g/mol. The van der Waals surface area contributed by atoms with E-state index in [0.717, 1.165) is 0 Å². The normalized spacial score (nSPS) is 54.8. The van der Waals surface area contributed by atoms with Gasteiger partial charge in [-0.1, -0.05) is 0 Å². The molecule has 6 nitrogen and oxygen atoms in total. The molecule has 0 saturated carbocycles. The van der Waals surface area contributed by atoms with Crippen LogP contribution in [0.5, 0.6) is 0 Å². The van der Waals surface area contributed by atoms with Crippen LogP contribution in [0.15, 0.2) is 0 Å². The highest BCUT2D eigenvalue weighted by atomic mass is 16.8. The van der Waals surface area contributed by atoms with E-state index in [-0.39, 0.29) is 12.5 Å². The molecule has 2 N–H and O–H groups in total. The maximum Gasteiger partial charge on any atom is 0.190 e. The Labute approximate surface area is 93.0 Å². The van der Waals surface area contributed by atoms with Crippen LogP contribution in [0.2, 0.25) is 0 Å². The minimum absolute atomic E-state index is 0.157. The first kappa shape index (κ1) is 10.9. The lowest BCUT2D eigenvalue weighted by Crippen LogP contribution is -2.50. The van der Waals surface area contributed by atoms with Crippen molar-refractivity contribution in [2.45, 2.75) is 63.1 Å². The van der Waals surface area contributed by atoms with E-state index in [4.69, 9.17) is 18.9 Å². The number of hydrogen-bond donors (Lipinski definition) is 2. The van der Waals surface area contributed by atoms with Crippen LogP contribution in [0.4, 0.5) is 0 Å². The standard InChI is InChI=1S/C10H16O6/c1-10(2)15-8-7-6(14-9(8)16-10)4(11)3-5(12)13-7/h4-9,11-12H,3H2,1-2H3/t4-,5?,6?,7+,8-,9-/m0/s1. The van der Waals surface area contributed by atoms with Crippen molar-refractivity contribution in [2.24, 2.45) is 0 Å². The van der Waals surface area contributed by atoms with Gasteiger partial charge in [-0.05, 0) is 13.8 Å². The summed E-state index contributed by atoms with van der Waals surface area (Å²) in [5.74, 6) is -0.711. The van der Waals surface area contributed by atoms with E-state index in [2.05, 4.69) is 0 Å². The van der Waals surface area contributed by atoms with E-state index in [0.29, 0.717) is 0 Å². The summed E-state index contributed by atoms with van der Waals surface area (Å²) in [6.45, 7) is 3.58. The molecule has 3 rings (SSSR count). The van der Waals surface area contributed by atoms with Crippen molar-refractivity contribution in [3.05, 3.63) is 0 Å². The van der Waals surface area contributed by atoms with Gasteiger partial charge in [0.2, 0.25) is 0 Å². The number of aliphatic hydroxyl groups is 2. The van der Waals surface area contributed by atoms with Gasteiger partial charge < -0.3 is 29.2 Å². The van der Waals surface area contributed by atoms with Gasteiger partial charge in [0.25, 0.3) is 0 Å². The van der Waals surface area contributed by atoms with E-state index >= 15 is 0 Å². The third-order valence-corrected chi connectivity index (χ3v) is 3.16. The minimum Gasteiger partial charge on any atom is -0.390 e. The maximum absolute atomic E-state index is 9.76. The van der Waals surface area contributed by atoms with E-state index < -0.39 is 36.7 Å². The Bertz CT molecular complexity index is 293. The average molecular weight is 232 g/mol. The molecule has 3 aliphatic heterocycles. The van der Waals surface area contributed by atoms with Crippen molar-refractivity contribution < 1.29 is 29.2 Å². The van der Waals surface area contributed by atoms with Gasteiger partial charge in [-0.25, -0.2) is 0 Å². The zero-order valence-corrected chi connectivity index (χ0v) is 9.20. The summed E-state index contributed by atoms with van der Waals surface area (Å²) in [7, 11) is 0. The Morgan fingerprint density at radius 3 is 2.50 bits per heavy atom. The molecular formula is C10H16O6. The van der Waals surface area contributed by atoms with Gasteiger partial charge in [0.1, 0.15) is 18.3 Å². The fourth-order valence-electron chi connectivity index (χ4n) is 2.55. The minimum atomic E-state index is -0.967. The van der Waals surface area contributed by atoms with Gasteiger partial charge in [0.05, 0.1) is 6.10 Å². The first-order valence-corrected chi connectivity index (χ1v) is 5.49. The molecule has 0 aromatic rings. The molecule has 0 amide bonds. The lowest BCUT2D eigenvalue weighted by molar-refractivity contribution is -0.271. The van der Waals surface area contributed by atoms with E-state index in [1.165, 1.54) is 0 Å². The third kappa shape index (κ3) is 1.57. The van der Waals surface area contributed by atoms with Crippen molar-refractivity contribution in [1.82, 2.24) is 0 Å². The van der Waals surface area contributed by atoms with E-state index in [1.807, 2.05) is 0 Å².